The zero-order chi connectivity index (χ0) is 20.6. The van der Waals surface area contributed by atoms with Crippen LogP contribution in [0.2, 0.25) is 5.02 Å². The summed E-state index contributed by atoms with van der Waals surface area (Å²) in [6, 6.07) is 8.53. The summed E-state index contributed by atoms with van der Waals surface area (Å²) in [6.45, 7) is 14.0. The van der Waals surface area contributed by atoms with E-state index in [1.807, 2.05) is 18.2 Å². The minimum atomic E-state index is 0.403. The molecule has 1 aromatic carbocycles. The highest BCUT2D eigenvalue weighted by molar-refractivity contribution is 6.30. The predicted molar refractivity (Wildman–Crippen MR) is 124 cm³/mol. The first-order chi connectivity index (χ1) is 14.0. The third kappa shape index (κ3) is 7.05. The molecule has 162 valence electrons. The second-order valence-electron chi connectivity index (χ2n) is 8.48. The number of aliphatic imine (C=N–C) groups is 1. The predicted octanol–water partition coefficient (Wildman–Crippen LogP) is 2.36. The van der Waals surface area contributed by atoms with E-state index in [-0.39, 0.29) is 0 Å². The quantitative estimate of drug-likeness (QED) is 0.523. The van der Waals surface area contributed by atoms with Crippen molar-refractivity contribution < 1.29 is 0 Å². The molecule has 0 saturated carbocycles. The number of rotatable bonds is 7. The fraction of sp³-hybridized carbons (Fsp3) is 0.682. The molecule has 2 aliphatic heterocycles. The van der Waals surface area contributed by atoms with Gasteiger partial charge in [0.1, 0.15) is 0 Å². The molecule has 0 amide bonds. The number of anilines is 1. The third-order valence-electron chi connectivity index (χ3n) is 5.77. The first-order valence-electron chi connectivity index (χ1n) is 11.0. The highest BCUT2D eigenvalue weighted by atomic mass is 35.5. The second-order valence-corrected chi connectivity index (χ2v) is 8.92. The van der Waals surface area contributed by atoms with Crippen LogP contribution in [-0.4, -0.2) is 87.8 Å². The van der Waals surface area contributed by atoms with Gasteiger partial charge in [-0.25, -0.2) is 0 Å². The smallest absolute Gasteiger partial charge is 0.191 e. The van der Waals surface area contributed by atoms with Crippen molar-refractivity contribution in [1.29, 1.82) is 0 Å². The third-order valence-corrected chi connectivity index (χ3v) is 6.01. The van der Waals surface area contributed by atoms with Crippen molar-refractivity contribution in [3.63, 3.8) is 0 Å². The van der Waals surface area contributed by atoms with E-state index in [1.165, 1.54) is 31.9 Å². The average Bonchev–Trinajstić information content (AvgIpc) is 3.17. The van der Waals surface area contributed by atoms with Crippen LogP contribution in [0.15, 0.2) is 29.3 Å². The summed E-state index contributed by atoms with van der Waals surface area (Å²) in [5.41, 5.74) is 1.20. The molecule has 1 aromatic rings. The molecule has 6 nitrogen and oxygen atoms in total. The Kier molecular flexibility index (Phi) is 8.45. The maximum atomic E-state index is 6.16. The van der Waals surface area contributed by atoms with Crippen molar-refractivity contribution in [1.82, 2.24) is 20.4 Å². The summed E-state index contributed by atoms with van der Waals surface area (Å²) in [4.78, 5) is 12.3. The van der Waals surface area contributed by atoms with Crippen molar-refractivity contribution >= 4 is 23.2 Å². The van der Waals surface area contributed by atoms with Crippen LogP contribution in [0.1, 0.15) is 20.3 Å². The lowest BCUT2D eigenvalue weighted by atomic mass is 10.1. The van der Waals surface area contributed by atoms with Crippen LogP contribution in [0.25, 0.3) is 0 Å². The van der Waals surface area contributed by atoms with Crippen molar-refractivity contribution in [2.24, 2.45) is 10.9 Å². The number of nitrogens with one attached hydrogen (secondary N) is 2. The molecule has 2 fully saturated rings. The van der Waals surface area contributed by atoms with Gasteiger partial charge in [0, 0.05) is 75.7 Å². The van der Waals surface area contributed by atoms with Crippen LogP contribution in [0.4, 0.5) is 5.69 Å². The van der Waals surface area contributed by atoms with E-state index in [0.29, 0.717) is 12.0 Å². The van der Waals surface area contributed by atoms with Gasteiger partial charge < -0.3 is 25.3 Å². The topological polar surface area (TPSA) is 46.1 Å². The minimum absolute atomic E-state index is 0.403. The van der Waals surface area contributed by atoms with Crippen LogP contribution >= 0.6 is 11.6 Å². The number of hydrogen-bond acceptors (Lipinski definition) is 4. The van der Waals surface area contributed by atoms with E-state index in [1.54, 1.807) is 0 Å². The van der Waals surface area contributed by atoms with Crippen LogP contribution in [0.3, 0.4) is 0 Å². The first kappa shape index (κ1) is 22.2. The fourth-order valence-corrected chi connectivity index (χ4v) is 4.26. The van der Waals surface area contributed by atoms with Gasteiger partial charge in [-0.3, -0.25) is 4.99 Å². The van der Waals surface area contributed by atoms with E-state index in [4.69, 9.17) is 16.6 Å². The summed E-state index contributed by atoms with van der Waals surface area (Å²) < 4.78 is 0. The Bertz CT molecular complexity index is 658. The molecule has 0 spiro atoms. The maximum Gasteiger partial charge on any atom is 0.191 e. The lowest BCUT2D eigenvalue weighted by molar-refractivity contribution is 0.140. The normalized spacial score (nSPS) is 22.7. The number of piperazine rings is 1. The molecule has 2 unspecified atom stereocenters. The van der Waals surface area contributed by atoms with Gasteiger partial charge in [-0.15, -0.1) is 0 Å². The summed E-state index contributed by atoms with van der Waals surface area (Å²) in [5, 5.41) is 7.85. The number of benzene rings is 1. The standard InChI is InChI=1S/C22H37ClN6/c1-4-24-22(25-15-18(2)16-28-12-10-27(3)11-13-28)26-20-8-9-29(17-20)21-7-5-6-19(23)14-21/h5-7,14,18,20H,4,8-13,15-17H2,1-3H3,(H2,24,25,26). The number of halogens is 1. The summed E-state index contributed by atoms with van der Waals surface area (Å²) in [6.07, 6.45) is 1.10. The summed E-state index contributed by atoms with van der Waals surface area (Å²) in [5.74, 6) is 1.50. The molecule has 2 atom stereocenters. The molecular formula is C22H37ClN6. The monoisotopic (exact) mass is 420 g/mol. The van der Waals surface area contributed by atoms with Gasteiger partial charge in [-0.05, 0) is 44.5 Å². The fourth-order valence-electron chi connectivity index (χ4n) is 4.07. The summed E-state index contributed by atoms with van der Waals surface area (Å²) in [7, 11) is 2.20. The Labute approximate surface area is 181 Å². The molecule has 2 heterocycles. The number of nitrogens with zero attached hydrogens (tertiary/aromatic N) is 4. The van der Waals surface area contributed by atoms with Gasteiger partial charge in [0.15, 0.2) is 5.96 Å². The summed E-state index contributed by atoms with van der Waals surface area (Å²) >= 11 is 6.16. The highest BCUT2D eigenvalue weighted by Gasteiger charge is 2.24. The zero-order valence-corrected chi connectivity index (χ0v) is 19.0. The van der Waals surface area contributed by atoms with Crippen LogP contribution in [0, 0.1) is 5.92 Å². The van der Waals surface area contributed by atoms with Crippen molar-refractivity contribution in [3.8, 4) is 0 Å². The molecule has 0 aliphatic carbocycles. The van der Waals surface area contributed by atoms with E-state index < -0.39 is 0 Å². The van der Waals surface area contributed by atoms with E-state index in [9.17, 15) is 0 Å². The number of hydrogen-bond donors (Lipinski definition) is 2. The largest absolute Gasteiger partial charge is 0.369 e. The molecule has 29 heavy (non-hydrogen) atoms. The second kappa shape index (κ2) is 11.0. The minimum Gasteiger partial charge on any atom is -0.369 e. The van der Waals surface area contributed by atoms with Crippen molar-refractivity contribution in [3.05, 3.63) is 29.3 Å². The Hall–Kier alpha value is -1.50. The Morgan fingerprint density at radius 1 is 1.24 bits per heavy atom. The zero-order valence-electron chi connectivity index (χ0n) is 18.2. The van der Waals surface area contributed by atoms with Gasteiger partial charge in [-0.2, -0.15) is 0 Å². The van der Waals surface area contributed by atoms with E-state index in [2.05, 4.69) is 52.3 Å². The maximum absolute atomic E-state index is 6.16. The number of likely N-dealkylation sites (N-methyl/N-ethyl adjacent to an activating group) is 1. The molecule has 0 radical (unpaired) electrons. The Balaban J connectivity index is 1.47. The van der Waals surface area contributed by atoms with Gasteiger partial charge in [0.2, 0.25) is 0 Å². The molecule has 3 rings (SSSR count). The van der Waals surface area contributed by atoms with Gasteiger partial charge in [0.05, 0.1) is 0 Å². The SMILES string of the molecule is CCNC(=NCC(C)CN1CCN(C)CC1)NC1CCN(c2cccc(Cl)c2)C1. The van der Waals surface area contributed by atoms with Gasteiger partial charge in [-0.1, -0.05) is 24.6 Å². The molecule has 0 bridgehead atoms. The Morgan fingerprint density at radius 3 is 2.76 bits per heavy atom. The Morgan fingerprint density at radius 2 is 2.03 bits per heavy atom. The van der Waals surface area contributed by atoms with Crippen LogP contribution in [-0.2, 0) is 0 Å². The highest BCUT2D eigenvalue weighted by Crippen LogP contribution is 2.23. The van der Waals surface area contributed by atoms with Crippen LogP contribution in [0.5, 0.6) is 0 Å². The first-order valence-corrected chi connectivity index (χ1v) is 11.4. The lowest BCUT2D eigenvalue weighted by Gasteiger charge is -2.33. The molecule has 2 aliphatic rings. The van der Waals surface area contributed by atoms with Crippen molar-refractivity contribution in [2.75, 3.05) is 70.9 Å². The van der Waals surface area contributed by atoms with E-state index in [0.717, 1.165) is 50.1 Å². The van der Waals surface area contributed by atoms with Gasteiger partial charge in [0.25, 0.3) is 0 Å². The van der Waals surface area contributed by atoms with E-state index >= 15 is 0 Å². The molecule has 2 N–H and O–H groups in total. The molecular weight excluding hydrogens is 384 g/mol. The van der Waals surface area contributed by atoms with Gasteiger partial charge >= 0.3 is 0 Å². The van der Waals surface area contributed by atoms with Crippen molar-refractivity contribution in [2.45, 2.75) is 26.3 Å². The van der Waals surface area contributed by atoms with Crippen LogP contribution < -0.4 is 15.5 Å². The molecule has 7 heteroatoms. The lowest BCUT2D eigenvalue weighted by Crippen LogP contribution is -2.46. The number of guanidine groups is 1. The molecule has 2 saturated heterocycles. The average molecular weight is 421 g/mol. The molecule has 0 aromatic heterocycles.